The quantitative estimate of drug-likeness (QED) is 0.483. The second kappa shape index (κ2) is 5.96. The second-order valence-electron chi connectivity index (χ2n) is 4.15. The van der Waals surface area contributed by atoms with E-state index in [-0.39, 0.29) is 5.88 Å². The summed E-state index contributed by atoms with van der Waals surface area (Å²) in [6.45, 7) is 3.93. The number of carbonyl (C=O) groups is 1. The number of aryl methyl sites for hydroxylation is 1. The first-order chi connectivity index (χ1) is 9.62. The maximum atomic E-state index is 11.7. The molecule has 1 heterocycles. The van der Waals surface area contributed by atoms with E-state index < -0.39 is 5.97 Å². The average Bonchev–Trinajstić information content (AvgIpc) is 2.80. The van der Waals surface area contributed by atoms with Gasteiger partial charge in [0.05, 0.1) is 24.1 Å². The van der Waals surface area contributed by atoms with Crippen LogP contribution in [0.25, 0.3) is 11.0 Å². The molecular weight excluding hydrogens is 280 g/mol. The van der Waals surface area contributed by atoms with E-state index in [2.05, 4.69) is 11.6 Å². The molecule has 0 bridgehead atoms. The Morgan fingerprint density at radius 2 is 2.30 bits per heavy atom. The van der Waals surface area contributed by atoms with Crippen LogP contribution in [0.2, 0.25) is 0 Å². The zero-order valence-corrected chi connectivity index (χ0v) is 12.1. The normalized spacial score (nSPS) is 10.6. The molecule has 0 N–H and O–H groups in total. The number of benzene rings is 1. The highest BCUT2D eigenvalue weighted by Crippen LogP contribution is 2.28. The third-order valence-electron chi connectivity index (χ3n) is 2.94. The number of fused-ring (bicyclic) bond motifs is 1. The monoisotopic (exact) mass is 294 g/mol. The van der Waals surface area contributed by atoms with Gasteiger partial charge in [0, 0.05) is 7.05 Å². The topological polar surface area (TPSA) is 53.4 Å². The third kappa shape index (κ3) is 2.49. The van der Waals surface area contributed by atoms with E-state index in [4.69, 9.17) is 21.1 Å². The number of carbonyl (C=O) groups excluding carboxylic acids is 1. The van der Waals surface area contributed by atoms with Gasteiger partial charge < -0.3 is 14.0 Å². The number of hydrogen-bond acceptors (Lipinski definition) is 4. The minimum atomic E-state index is -0.427. The Bertz CT molecular complexity index is 664. The summed E-state index contributed by atoms with van der Waals surface area (Å²) >= 11 is 5.86. The van der Waals surface area contributed by atoms with Crippen LogP contribution in [0, 0.1) is 0 Å². The van der Waals surface area contributed by atoms with E-state index in [0.29, 0.717) is 29.3 Å². The molecule has 0 atom stereocenters. The first kappa shape index (κ1) is 14.4. The van der Waals surface area contributed by atoms with Crippen LogP contribution in [-0.4, -0.2) is 29.2 Å². The number of alkyl halides is 1. The minimum absolute atomic E-state index is 0.277. The van der Waals surface area contributed by atoms with Gasteiger partial charge in [0.2, 0.25) is 0 Å². The van der Waals surface area contributed by atoms with Gasteiger partial charge in [-0.15, -0.1) is 11.6 Å². The standard InChI is InChI=1S/C14H15ClN2O3/c1-4-5-20-11-7-9(14(18)19-3)6-10-13(11)16-12(8-15)17(10)2/h4,6-7H,1,5,8H2,2-3H3. The molecule has 0 amide bonds. The fraction of sp³-hybridized carbons (Fsp3) is 0.286. The van der Waals surface area contributed by atoms with Crippen molar-refractivity contribution in [1.29, 1.82) is 0 Å². The van der Waals surface area contributed by atoms with Crippen molar-refractivity contribution >= 4 is 28.6 Å². The Kier molecular flexibility index (Phi) is 4.29. The van der Waals surface area contributed by atoms with Crippen LogP contribution in [0.5, 0.6) is 5.75 Å². The first-order valence-corrected chi connectivity index (χ1v) is 6.53. The Labute approximate surface area is 121 Å². The van der Waals surface area contributed by atoms with E-state index in [1.165, 1.54) is 7.11 Å². The molecule has 5 nitrogen and oxygen atoms in total. The SMILES string of the molecule is C=CCOc1cc(C(=O)OC)cc2c1nc(CCl)n2C. The van der Waals surface area contributed by atoms with Crippen LogP contribution < -0.4 is 4.74 Å². The Morgan fingerprint density at radius 1 is 1.55 bits per heavy atom. The smallest absolute Gasteiger partial charge is 0.338 e. The van der Waals surface area contributed by atoms with Crippen molar-refractivity contribution in [2.75, 3.05) is 13.7 Å². The maximum absolute atomic E-state index is 11.7. The van der Waals surface area contributed by atoms with E-state index >= 15 is 0 Å². The Morgan fingerprint density at radius 3 is 2.90 bits per heavy atom. The van der Waals surface area contributed by atoms with Gasteiger partial charge in [-0.2, -0.15) is 0 Å². The van der Waals surface area contributed by atoms with Crippen LogP contribution >= 0.6 is 11.6 Å². The lowest BCUT2D eigenvalue weighted by Gasteiger charge is -2.07. The molecule has 20 heavy (non-hydrogen) atoms. The predicted octanol–water partition coefficient (Wildman–Crippen LogP) is 2.66. The molecule has 0 saturated heterocycles. The summed E-state index contributed by atoms with van der Waals surface area (Å²) in [5.74, 6) is 1.06. The van der Waals surface area contributed by atoms with Gasteiger partial charge >= 0.3 is 5.97 Å². The number of rotatable bonds is 5. The van der Waals surface area contributed by atoms with E-state index in [9.17, 15) is 4.79 Å². The molecule has 0 aliphatic rings. The molecule has 0 aliphatic heterocycles. The molecule has 0 saturated carbocycles. The molecule has 1 aromatic heterocycles. The largest absolute Gasteiger partial charge is 0.487 e. The van der Waals surface area contributed by atoms with Crippen molar-refractivity contribution < 1.29 is 14.3 Å². The highest BCUT2D eigenvalue weighted by Gasteiger charge is 2.16. The predicted molar refractivity (Wildman–Crippen MR) is 77.3 cm³/mol. The van der Waals surface area contributed by atoms with Gasteiger partial charge in [0.1, 0.15) is 23.7 Å². The highest BCUT2D eigenvalue weighted by atomic mass is 35.5. The summed E-state index contributed by atoms with van der Waals surface area (Å²) in [7, 11) is 3.18. The number of imidazole rings is 1. The number of ether oxygens (including phenoxy) is 2. The van der Waals surface area contributed by atoms with Crippen molar-refractivity contribution in [2.45, 2.75) is 5.88 Å². The highest BCUT2D eigenvalue weighted by molar-refractivity contribution is 6.17. The fourth-order valence-corrected chi connectivity index (χ4v) is 2.16. The molecule has 0 radical (unpaired) electrons. The van der Waals surface area contributed by atoms with Gasteiger partial charge in [0.15, 0.2) is 0 Å². The molecule has 0 fully saturated rings. The summed E-state index contributed by atoms with van der Waals surface area (Å²) in [4.78, 5) is 16.1. The van der Waals surface area contributed by atoms with E-state index in [0.717, 1.165) is 5.52 Å². The molecule has 2 aromatic rings. The summed E-state index contributed by atoms with van der Waals surface area (Å²) < 4.78 is 12.1. The van der Waals surface area contributed by atoms with Crippen molar-refractivity contribution in [3.63, 3.8) is 0 Å². The number of nitrogens with zero attached hydrogens (tertiary/aromatic N) is 2. The van der Waals surface area contributed by atoms with Crippen LogP contribution in [0.3, 0.4) is 0 Å². The summed E-state index contributed by atoms with van der Waals surface area (Å²) in [6, 6.07) is 3.33. The molecule has 106 valence electrons. The average molecular weight is 295 g/mol. The van der Waals surface area contributed by atoms with Gasteiger partial charge in [-0.1, -0.05) is 12.7 Å². The van der Waals surface area contributed by atoms with Crippen LogP contribution in [0.15, 0.2) is 24.8 Å². The summed E-state index contributed by atoms with van der Waals surface area (Å²) in [5, 5.41) is 0. The number of hydrogen-bond donors (Lipinski definition) is 0. The van der Waals surface area contributed by atoms with Crippen molar-refractivity contribution in [3.8, 4) is 5.75 Å². The molecule has 2 rings (SSSR count). The second-order valence-corrected chi connectivity index (χ2v) is 4.42. The summed E-state index contributed by atoms with van der Waals surface area (Å²) in [6.07, 6.45) is 1.63. The Hall–Kier alpha value is -2.01. The fourth-order valence-electron chi connectivity index (χ4n) is 1.92. The molecule has 0 spiro atoms. The number of halogens is 1. The number of aromatic nitrogens is 2. The van der Waals surface area contributed by atoms with Crippen molar-refractivity contribution in [3.05, 3.63) is 36.2 Å². The van der Waals surface area contributed by atoms with Gasteiger partial charge in [-0.05, 0) is 12.1 Å². The maximum Gasteiger partial charge on any atom is 0.338 e. The van der Waals surface area contributed by atoms with E-state index in [1.807, 2.05) is 11.6 Å². The van der Waals surface area contributed by atoms with Gasteiger partial charge in [-0.3, -0.25) is 0 Å². The van der Waals surface area contributed by atoms with Crippen LogP contribution in [-0.2, 0) is 17.7 Å². The van der Waals surface area contributed by atoms with Crippen LogP contribution in [0.1, 0.15) is 16.2 Å². The Balaban J connectivity index is 2.65. The number of methoxy groups -OCH3 is 1. The zero-order valence-electron chi connectivity index (χ0n) is 11.4. The van der Waals surface area contributed by atoms with Crippen molar-refractivity contribution in [1.82, 2.24) is 9.55 Å². The van der Waals surface area contributed by atoms with E-state index in [1.54, 1.807) is 18.2 Å². The van der Waals surface area contributed by atoms with Gasteiger partial charge in [0.25, 0.3) is 0 Å². The summed E-state index contributed by atoms with van der Waals surface area (Å²) in [5.41, 5.74) is 1.84. The molecule has 6 heteroatoms. The van der Waals surface area contributed by atoms with Crippen LogP contribution in [0.4, 0.5) is 0 Å². The van der Waals surface area contributed by atoms with Gasteiger partial charge in [-0.25, -0.2) is 9.78 Å². The molecule has 1 aromatic carbocycles. The third-order valence-corrected chi connectivity index (χ3v) is 3.18. The number of esters is 1. The zero-order chi connectivity index (χ0) is 14.7. The minimum Gasteiger partial charge on any atom is -0.487 e. The lowest BCUT2D eigenvalue weighted by Crippen LogP contribution is -2.03. The molecular formula is C14H15ClN2O3. The lowest BCUT2D eigenvalue weighted by molar-refractivity contribution is 0.0600. The first-order valence-electron chi connectivity index (χ1n) is 5.99. The molecule has 0 unspecified atom stereocenters. The molecule has 0 aliphatic carbocycles. The lowest BCUT2D eigenvalue weighted by atomic mass is 10.2. The van der Waals surface area contributed by atoms with Crippen molar-refractivity contribution in [2.24, 2.45) is 7.05 Å².